The Kier molecular flexibility index (Phi) is 4.26. The van der Waals surface area contributed by atoms with Crippen molar-refractivity contribution in [1.29, 1.82) is 0 Å². The zero-order chi connectivity index (χ0) is 15.7. The lowest BCUT2D eigenvalue weighted by Crippen LogP contribution is -2.31. The van der Waals surface area contributed by atoms with Crippen LogP contribution >= 0.6 is 0 Å². The van der Waals surface area contributed by atoms with Gasteiger partial charge in [0.2, 0.25) is 5.91 Å². The van der Waals surface area contributed by atoms with Gasteiger partial charge in [-0.25, -0.2) is 4.98 Å². The number of nitrogens with zero attached hydrogens (tertiary/aromatic N) is 3. The van der Waals surface area contributed by atoms with Crippen molar-refractivity contribution in [2.24, 2.45) is 7.05 Å². The molecule has 0 radical (unpaired) electrons. The van der Waals surface area contributed by atoms with Gasteiger partial charge in [0, 0.05) is 13.7 Å². The number of hydrogen-bond acceptors (Lipinski definition) is 5. The minimum absolute atomic E-state index is 0.0210. The summed E-state index contributed by atoms with van der Waals surface area (Å²) in [6, 6.07) is 0. The smallest absolute Gasteiger partial charge is 0.258 e. The minimum atomic E-state index is -0.115. The van der Waals surface area contributed by atoms with Crippen molar-refractivity contribution in [3.8, 4) is 0 Å². The topological polar surface area (TPSA) is 73.7 Å². The standard InChI is InChI=1S/C15H21N3O4/c1-10-16-13-7-18(6-12(13)15(20)17(10)2)14(19)9-21-8-11-4-3-5-22-11/h11H,3-9H2,1-2H3/t11-/m1/s1. The Labute approximate surface area is 128 Å². The van der Waals surface area contributed by atoms with Crippen molar-refractivity contribution >= 4 is 5.91 Å². The number of hydrogen-bond donors (Lipinski definition) is 0. The SMILES string of the molecule is Cc1nc2c(c(=O)n1C)CN(C(=O)COC[C@H]1CCCO1)C2. The molecule has 1 fully saturated rings. The summed E-state index contributed by atoms with van der Waals surface area (Å²) < 4.78 is 12.4. The molecule has 3 heterocycles. The summed E-state index contributed by atoms with van der Waals surface area (Å²) in [5.41, 5.74) is 1.24. The van der Waals surface area contributed by atoms with Gasteiger partial charge >= 0.3 is 0 Å². The molecule has 1 aromatic heterocycles. The quantitative estimate of drug-likeness (QED) is 0.790. The number of aromatic nitrogens is 2. The molecule has 7 nitrogen and oxygen atoms in total. The van der Waals surface area contributed by atoms with Crippen LogP contribution in [-0.4, -0.2) is 46.3 Å². The van der Waals surface area contributed by atoms with Crippen LogP contribution < -0.4 is 5.56 Å². The maximum absolute atomic E-state index is 12.2. The van der Waals surface area contributed by atoms with Crippen LogP contribution in [0.4, 0.5) is 0 Å². The summed E-state index contributed by atoms with van der Waals surface area (Å²) in [5, 5.41) is 0. The highest BCUT2D eigenvalue weighted by Gasteiger charge is 2.28. The molecule has 2 aliphatic heterocycles. The number of rotatable bonds is 4. The third-order valence-corrected chi connectivity index (χ3v) is 4.29. The van der Waals surface area contributed by atoms with Crippen molar-refractivity contribution in [3.63, 3.8) is 0 Å². The third-order valence-electron chi connectivity index (χ3n) is 4.29. The molecule has 1 aromatic rings. The maximum atomic E-state index is 12.2. The Balaban J connectivity index is 1.57. The van der Waals surface area contributed by atoms with Gasteiger partial charge < -0.3 is 14.4 Å². The van der Waals surface area contributed by atoms with Crippen LogP contribution in [0.1, 0.15) is 29.9 Å². The van der Waals surface area contributed by atoms with E-state index in [-0.39, 0.29) is 24.2 Å². The number of fused-ring (bicyclic) bond motifs is 1. The lowest BCUT2D eigenvalue weighted by molar-refractivity contribution is -0.137. The minimum Gasteiger partial charge on any atom is -0.376 e. The molecule has 0 bridgehead atoms. The van der Waals surface area contributed by atoms with Gasteiger partial charge in [0.05, 0.1) is 37.1 Å². The van der Waals surface area contributed by atoms with Crippen LogP contribution in [0.2, 0.25) is 0 Å². The molecule has 1 atom stereocenters. The van der Waals surface area contributed by atoms with Gasteiger partial charge in [-0.05, 0) is 19.8 Å². The van der Waals surface area contributed by atoms with E-state index in [1.807, 2.05) is 0 Å². The predicted molar refractivity (Wildman–Crippen MR) is 78.3 cm³/mol. The number of carbonyl (C=O) groups excluding carboxylic acids is 1. The van der Waals surface area contributed by atoms with E-state index < -0.39 is 0 Å². The van der Waals surface area contributed by atoms with Crippen LogP contribution in [0.3, 0.4) is 0 Å². The van der Waals surface area contributed by atoms with E-state index in [0.29, 0.717) is 36.8 Å². The first kappa shape index (κ1) is 15.2. The molecule has 1 saturated heterocycles. The monoisotopic (exact) mass is 307 g/mol. The fourth-order valence-electron chi connectivity index (χ4n) is 2.85. The average Bonchev–Trinajstić information content (AvgIpc) is 3.14. The highest BCUT2D eigenvalue weighted by atomic mass is 16.5. The second kappa shape index (κ2) is 6.18. The van der Waals surface area contributed by atoms with Gasteiger partial charge in [-0.1, -0.05) is 0 Å². The van der Waals surface area contributed by atoms with Crippen molar-refractivity contribution in [3.05, 3.63) is 27.4 Å². The highest BCUT2D eigenvalue weighted by Crippen LogP contribution is 2.18. The normalized spacial score (nSPS) is 20.5. The zero-order valence-electron chi connectivity index (χ0n) is 13.0. The van der Waals surface area contributed by atoms with Gasteiger partial charge in [-0.2, -0.15) is 0 Å². The van der Waals surface area contributed by atoms with E-state index in [0.717, 1.165) is 19.4 Å². The fourth-order valence-corrected chi connectivity index (χ4v) is 2.85. The van der Waals surface area contributed by atoms with E-state index in [9.17, 15) is 9.59 Å². The molecule has 0 aliphatic carbocycles. The molecule has 0 saturated carbocycles. The van der Waals surface area contributed by atoms with E-state index in [1.165, 1.54) is 4.57 Å². The summed E-state index contributed by atoms with van der Waals surface area (Å²) in [6.07, 6.45) is 2.15. The summed E-state index contributed by atoms with van der Waals surface area (Å²) in [5.74, 6) is 0.545. The number of carbonyl (C=O) groups is 1. The maximum Gasteiger partial charge on any atom is 0.258 e. The molecule has 22 heavy (non-hydrogen) atoms. The van der Waals surface area contributed by atoms with E-state index in [4.69, 9.17) is 9.47 Å². The molecule has 120 valence electrons. The number of aryl methyl sites for hydroxylation is 1. The van der Waals surface area contributed by atoms with Crippen LogP contribution in [-0.2, 0) is 34.4 Å². The molecule has 0 aromatic carbocycles. The second-order valence-corrected chi connectivity index (χ2v) is 5.85. The fraction of sp³-hybridized carbons (Fsp3) is 0.667. The van der Waals surface area contributed by atoms with Gasteiger partial charge in [0.25, 0.3) is 5.56 Å². The Hall–Kier alpha value is -1.73. The second-order valence-electron chi connectivity index (χ2n) is 5.85. The lowest BCUT2D eigenvalue weighted by Gasteiger charge is -2.16. The summed E-state index contributed by atoms with van der Waals surface area (Å²) in [7, 11) is 1.69. The molecule has 7 heteroatoms. The Morgan fingerprint density at radius 2 is 2.27 bits per heavy atom. The average molecular weight is 307 g/mol. The molecule has 2 aliphatic rings. The molecular formula is C15H21N3O4. The van der Waals surface area contributed by atoms with Crippen LogP contribution in [0, 0.1) is 6.92 Å². The Morgan fingerprint density at radius 1 is 1.45 bits per heavy atom. The van der Waals surface area contributed by atoms with E-state index in [2.05, 4.69) is 4.98 Å². The summed E-state index contributed by atoms with van der Waals surface area (Å²) in [6.45, 7) is 3.74. The first-order valence-electron chi connectivity index (χ1n) is 7.58. The van der Waals surface area contributed by atoms with Crippen LogP contribution in [0.15, 0.2) is 4.79 Å². The lowest BCUT2D eigenvalue weighted by atomic mass is 10.2. The Bertz CT molecular complexity index is 634. The first-order valence-corrected chi connectivity index (χ1v) is 7.58. The van der Waals surface area contributed by atoms with Gasteiger partial charge in [-0.3, -0.25) is 14.2 Å². The molecule has 0 unspecified atom stereocenters. The molecule has 0 N–H and O–H groups in total. The van der Waals surface area contributed by atoms with Crippen LogP contribution in [0.25, 0.3) is 0 Å². The summed E-state index contributed by atoms with van der Waals surface area (Å²) >= 11 is 0. The van der Waals surface area contributed by atoms with Crippen molar-refractivity contribution in [1.82, 2.24) is 14.5 Å². The third kappa shape index (κ3) is 2.91. The zero-order valence-corrected chi connectivity index (χ0v) is 13.0. The number of amides is 1. The molecule has 0 spiro atoms. The van der Waals surface area contributed by atoms with E-state index in [1.54, 1.807) is 18.9 Å². The van der Waals surface area contributed by atoms with Crippen molar-refractivity contribution in [2.75, 3.05) is 19.8 Å². The summed E-state index contributed by atoms with van der Waals surface area (Å²) in [4.78, 5) is 30.4. The van der Waals surface area contributed by atoms with Gasteiger partial charge in [0.1, 0.15) is 12.4 Å². The highest BCUT2D eigenvalue weighted by molar-refractivity contribution is 5.78. The van der Waals surface area contributed by atoms with Crippen molar-refractivity contribution < 1.29 is 14.3 Å². The van der Waals surface area contributed by atoms with Gasteiger partial charge in [-0.15, -0.1) is 0 Å². The first-order chi connectivity index (χ1) is 10.6. The molecule has 1 amide bonds. The van der Waals surface area contributed by atoms with Gasteiger partial charge in [0.15, 0.2) is 0 Å². The molecule has 3 rings (SSSR count). The van der Waals surface area contributed by atoms with Crippen LogP contribution in [0.5, 0.6) is 0 Å². The largest absolute Gasteiger partial charge is 0.376 e. The predicted octanol–water partition coefficient (Wildman–Crippen LogP) is 0.127. The molecular weight excluding hydrogens is 286 g/mol. The van der Waals surface area contributed by atoms with Crippen molar-refractivity contribution in [2.45, 2.75) is 39.0 Å². The van der Waals surface area contributed by atoms with E-state index >= 15 is 0 Å². The number of ether oxygens (including phenoxy) is 2. The Morgan fingerprint density at radius 3 is 3.00 bits per heavy atom.